The van der Waals surface area contributed by atoms with Crippen LogP contribution in [0.3, 0.4) is 0 Å². The molecule has 0 aromatic heterocycles. The average Bonchev–Trinajstić information content (AvgIpc) is 0.902. The zero-order valence-electron chi connectivity index (χ0n) is 72.1. The van der Waals surface area contributed by atoms with E-state index >= 15 is 0 Å². The predicted octanol–water partition coefficient (Wildman–Crippen LogP) is 27.7. The number of ether oxygens (including phenoxy) is 3. The lowest BCUT2D eigenvalue weighted by molar-refractivity contribution is -0.161. The lowest BCUT2D eigenvalue weighted by atomic mass is 10.0. The molecule has 18 heteroatoms. The van der Waals surface area contributed by atoms with E-state index in [1.165, 1.54) is 96.3 Å². The van der Waals surface area contributed by atoms with Crippen LogP contribution in [-0.4, -0.2) is 95.9 Å². The number of aliphatic hydroxyl groups is 2. The molecule has 0 rings (SSSR count). The number of esters is 3. The van der Waals surface area contributed by atoms with E-state index in [-0.39, 0.29) is 19.3 Å². The van der Waals surface area contributed by atoms with Crippen molar-refractivity contribution in [1.82, 2.24) is 0 Å². The van der Waals surface area contributed by atoms with Gasteiger partial charge in [0.25, 0.3) is 0 Å². The van der Waals surface area contributed by atoms with Gasteiger partial charge in [-0.3, -0.25) is 32.5 Å². The van der Waals surface area contributed by atoms with Crippen molar-refractivity contribution in [3.05, 3.63) is 182 Å². The van der Waals surface area contributed by atoms with E-state index in [2.05, 4.69) is 203 Å². The third-order valence-electron chi connectivity index (χ3n) is 18.6. The van der Waals surface area contributed by atoms with Crippen LogP contribution >= 0.6 is 15.6 Å². The third-order valence-corrected chi connectivity index (χ3v) is 20.5. The van der Waals surface area contributed by atoms with Gasteiger partial charge in [-0.05, 0) is 154 Å². The van der Waals surface area contributed by atoms with Gasteiger partial charge in [0, 0.05) is 19.3 Å². The van der Waals surface area contributed by atoms with E-state index in [0.717, 1.165) is 199 Å². The summed E-state index contributed by atoms with van der Waals surface area (Å²) in [5.41, 5.74) is 0. The lowest BCUT2D eigenvalue weighted by Gasteiger charge is -2.21. The highest BCUT2D eigenvalue weighted by Crippen LogP contribution is 2.45. The van der Waals surface area contributed by atoms with Crippen LogP contribution < -0.4 is 0 Å². The molecule has 0 aliphatic rings. The Morgan fingerprint density at radius 1 is 0.243 bits per heavy atom. The maximum absolute atomic E-state index is 13.0. The van der Waals surface area contributed by atoms with Gasteiger partial charge in [-0.25, -0.2) is 9.13 Å². The highest BCUT2D eigenvalue weighted by molar-refractivity contribution is 7.47. The number of phosphoric ester groups is 2. The largest absolute Gasteiger partial charge is 0.472 e. The maximum Gasteiger partial charge on any atom is 0.472 e. The van der Waals surface area contributed by atoms with E-state index in [9.17, 15) is 43.5 Å². The second kappa shape index (κ2) is 87.9. The van der Waals surface area contributed by atoms with Crippen molar-refractivity contribution < 1.29 is 75.8 Å². The van der Waals surface area contributed by atoms with Crippen LogP contribution in [-0.2, 0) is 55.8 Å². The van der Waals surface area contributed by atoms with E-state index < -0.39 is 91.5 Å². The number of rotatable bonds is 84. The summed E-state index contributed by atoms with van der Waals surface area (Å²) in [5.74, 6) is -1.59. The van der Waals surface area contributed by atoms with Crippen molar-refractivity contribution in [2.45, 2.75) is 373 Å². The third kappa shape index (κ3) is 89.3. The molecule has 0 heterocycles. The molecule has 0 saturated heterocycles. The molecule has 5 atom stereocenters. The van der Waals surface area contributed by atoms with Gasteiger partial charge in [-0.1, -0.05) is 364 Å². The van der Waals surface area contributed by atoms with Crippen LogP contribution in [0.15, 0.2) is 182 Å². The van der Waals surface area contributed by atoms with Gasteiger partial charge in [0.2, 0.25) is 0 Å². The summed E-state index contributed by atoms with van der Waals surface area (Å²) in [6.45, 7) is 2.35. The van der Waals surface area contributed by atoms with E-state index in [1.807, 2.05) is 0 Å². The minimum atomic E-state index is -4.95. The average molecular weight is 1650 g/mol. The summed E-state index contributed by atoms with van der Waals surface area (Å²) in [7, 11) is -9.81. The summed E-state index contributed by atoms with van der Waals surface area (Å²) in [6.07, 6.45) is 115. The first-order chi connectivity index (χ1) is 56.2. The van der Waals surface area contributed by atoms with Gasteiger partial charge in [-0.2, -0.15) is 0 Å². The fourth-order valence-corrected chi connectivity index (χ4v) is 13.5. The van der Waals surface area contributed by atoms with Crippen LogP contribution in [0, 0.1) is 0 Å². The number of hydrogen-bond acceptors (Lipinski definition) is 14. The van der Waals surface area contributed by atoms with Crippen LogP contribution in [0.2, 0.25) is 0 Å². The summed E-state index contributed by atoms with van der Waals surface area (Å²) < 4.78 is 61.4. The van der Waals surface area contributed by atoms with E-state index in [1.54, 1.807) is 0 Å². The van der Waals surface area contributed by atoms with Crippen LogP contribution in [0.25, 0.3) is 0 Å². The Labute approximate surface area is 700 Å². The molecular formula is C97H162O16P2. The fourth-order valence-electron chi connectivity index (χ4n) is 11.9. The number of unbranched alkanes of at least 4 members (excludes halogenated alkanes) is 31. The summed E-state index contributed by atoms with van der Waals surface area (Å²) in [5, 5.41) is 20.7. The predicted molar refractivity (Wildman–Crippen MR) is 481 cm³/mol. The van der Waals surface area contributed by atoms with E-state index in [0.29, 0.717) is 19.3 Å². The molecule has 0 fully saturated rings. The van der Waals surface area contributed by atoms with Gasteiger partial charge >= 0.3 is 33.6 Å². The molecule has 0 aromatic rings. The van der Waals surface area contributed by atoms with Crippen LogP contribution in [0.5, 0.6) is 0 Å². The highest BCUT2D eigenvalue weighted by Gasteiger charge is 2.29. The SMILES string of the molecule is CC/C=C\C/C=C\C/C=C\C/C=C\C/C=C\C/C=C\CCCCCCCCCCCCCCCCC(=O)OCC(O)COP(=O)(O)OCC(O)COP(=O)(O)OCC(COC(=O)CCCCCCCCCCCC/C=C\C/C=C\C/C=C\C/C=C\C/C=C\C/C=C\CC)OC(=O)CCCCCCCCC/C=C\C/C=C\C/C=C\CC. The monoisotopic (exact) mass is 1650 g/mol. The topological polar surface area (TPSA) is 231 Å². The first-order valence-corrected chi connectivity index (χ1v) is 48.1. The van der Waals surface area contributed by atoms with E-state index in [4.69, 9.17) is 32.3 Å². The minimum Gasteiger partial charge on any atom is -0.463 e. The van der Waals surface area contributed by atoms with Gasteiger partial charge in [0.05, 0.1) is 26.4 Å². The number of phosphoric acid groups is 2. The highest BCUT2D eigenvalue weighted by atomic mass is 31.2. The quantitative estimate of drug-likeness (QED) is 0.0146. The molecule has 0 aromatic carbocycles. The van der Waals surface area contributed by atoms with Gasteiger partial charge in [-0.15, -0.1) is 0 Å². The fraction of sp³-hybridized carbons (Fsp3) is 0.660. The van der Waals surface area contributed by atoms with Gasteiger partial charge in [0.1, 0.15) is 25.4 Å². The van der Waals surface area contributed by atoms with Crippen LogP contribution in [0.1, 0.15) is 355 Å². The molecule has 4 N–H and O–H groups in total. The Balaban J connectivity index is 4.53. The Bertz CT molecular complexity index is 2820. The van der Waals surface area contributed by atoms with Crippen molar-refractivity contribution >= 4 is 33.6 Å². The number of carbonyl (C=O) groups excluding carboxylic acids is 3. The lowest BCUT2D eigenvalue weighted by Crippen LogP contribution is -2.30. The molecule has 0 saturated carbocycles. The smallest absolute Gasteiger partial charge is 0.463 e. The Morgan fingerprint density at radius 2 is 0.435 bits per heavy atom. The maximum atomic E-state index is 13.0. The minimum absolute atomic E-state index is 0.0878. The first-order valence-electron chi connectivity index (χ1n) is 45.1. The van der Waals surface area contributed by atoms with Crippen LogP contribution in [0.4, 0.5) is 0 Å². The molecule has 0 bridgehead atoms. The van der Waals surface area contributed by atoms with Gasteiger partial charge < -0.3 is 34.2 Å². The molecular weight excluding hydrogens is 1480 g/mol. The first kappa shape index (κ1) is 110. The number of aliphatic hydroxyl groups excluding tert-OH is 2. The zero-order valence-corrected chi connectivity index (χ0v) is 73.9. The number of carbonyl (C=O) groups is 3. The molecule has 0 spiro atoms. The summed E-state index contributed by atoms with van der Waals surface area (Å²) in [6, 6.07) is 0. The Morgan fingerprint density at radius 3 is 0.687 bits per heavy atom. The molecule has 115 heavy (non-hydrogen) atoms. The zero-order chi connectivity index (χ0) is 83.6. The van der Waals surface area contributed by atoms with Crippen molar-refractivity contribution in [3.63, 3.8) is 0 Å². The second-order valence-electron chi connectivity index (χ2n) is 29.6. The number of hydrogen-bond donors (Lipinski definition) is 4. The number of allylic oxidation sites excluding steroid dienone is 30. The molecule has 0 aliphatic heterocycles. The van der Waals surface area contributed by atoms with Crippen molar-refractivity contribution in [1.29, 1.82) is 0 Å². The normalized spacial score (nSPS) is 14.7. The van der Waals surface area contributed by atoms with Crippen molar-refractivity contribution in [2.24, 2.45) is 0 Å². The Kier molecular flexibility index (Phi) is 83.9. The van der Waals surface area contributed by atoms with Crippen molar-refractivity contribution in [2.75, 3.05) is 39.6 Å². The molecule has 5 unspecified atom stereocenters. The molecule has 656 valence electrons. The molecule has 0 aliphatic carbocycles. The van der Waals surface area contributed by atoms with Gasteiger partial charge in [0.15, 0.2) is 6.10 Å². The molecule has 0 amide bonds. The summed E-state index contributed by atoms with van der Waals surface area (Å²) >= 11 is 0. The molecule has 0 radical (unpaired) electrons. The summed E-state index contributed by atoms with van der Waals surface area (Å²) in [4.78, 5) is 58.9. The standard InChI is InChI=1S/C97H162O16P2/c1-4-7-10-13-16-19-22-25-28-31-33-35-37-39-41-43-44-45-46-48-50-51-53-55-57-60-62-65-68-71-74-77-80-83-95(100)107-86-92(98)87-109-114(103,104)110-88-93(99)89-111-115(105,106)112-91-94(113-97(102)85-82-79-76-73-70-67-64-59-30-27-24-21-18-15-12-9-6-3)90-108-96(101)84-81-78-75-72-69-66-63-61-58-56-54-52-49-47-42-40-38-36-34-32-29-26-23-20-17-14-11-8-5-2/h7-12,16-21,25-30,33-36,39-42,44-45,49,52,92-94,98-99H,4-6,13-15,22-24,31-32,37-38,43,46-48,50-51,53-91H2,1-3H3,(H,103,104)(H,105,106)/b10-7-,11-8-,12-9-,19-16-,20-17-,21-18-,28-25-,29-26-,30-27-,35-33-,36-34-,41-39-,42-40-,45-44-,52-49-. The molecule has 16 nitrogen and oxygen atoms in total. The van der Waals surface area contributed by atoms with Crippen molar-refractivity contribution in [3.8, 4) is 0 Å². The Hall–Kier alpha value is -5.35. The second-order valence-corrected chi connectivity index (χ2v) is 32.5.